The molecule has 1 aliphatic rings. The van der Waals surface area contributed by atoms with Gasteiger partial charge in [-0.25, -0.2) is 0 Å². The third-order valence-corrected chi connectivity index (χ3v) is 4.57. The smallest absolute Gasteiger partial charge is 0.261 e. The first-order valence-corrected chi connectivity index (χ1v) is 8.55. The number of halogens is 3. The van der Waals surface area contributed by atoms with Gasteiger partial charge in [0.15, 0.2) is 17.6 Å². The van der Waals surface area contributed by atoms with Gasteiger partial charge in [-0.3, -0.25) is 4.79 Å². The van der Waals surface area contributed by atoms with E-state index in [4.69, 9.17) is 49.0 Å². The van der Waals surface area contributed by atoms with Crippen molar-refractivity contribution in [2.45, 2.75) is 19.6 Å². The Balaban J connectivity index is 1.58. The van der Waals surface area contributed by atoms with Crippen LogP contribution < -0.4 is 19.5 Å². The topological polar surface area (TPSA) is 56.8 Å². The molecule has 1 atom stereocenters. The molecule has 0 saturated heterocycles. The second-order valence-electron chi connectivity index (χ2n) is 5.36. The summed E-state index contributed by atoms with van der Waals surface area (Å²) in [5, 5.41) is 3.69. The lowest BCUT2D eigenvalue weighted by Gasteiger charge is -2.16. The van der Waals surface area contributed by atoms with Crippen LogP contribution in [0.5, 0.6) is 17.2 Å². The Morgan fingerprint density at radius 1 is 1.12 bits per heavy atom. The molecule has 132 valence electrons. The Labute approximate surface area is 159 Å². The second kappa shape index (κ2) is 7.60. The zero-order valence-electron chi connectivity index (χ0n) is 13.1. The molecule has 0 unspecified atom stereocenters. The number of nitrogens with one attached hydrogen (secondary N) is 1. The zero-order chi connectivity index (χ0) is 18.0. The Kier molecular flexibility index (Phi) is 5.47. The summed E-state index contributed by atoms with van der Waals surface area (Å²) in [5.74, 6) is 1.36. The third kappa shape index (κ3) is 4.24. The molecule has 0 aromatic heterocycles. The maximum atomic E-state index is 12.2. The molecule has 1 amide bonds. The van der Waals surface area contributed by atoms with Gasteiger partial charge in [0, 0.05) is 12.6 Å². The van der Waals surface area contributed by atoms with Crippen LogP contribution in [0, 0.1) is 0 Å². The van der Waals surface area contributed by atoms with Crippen molar-refractivity contribution in [1.29, 1.82) is 0 Å². The fraction of sp³-hybridized carbons (Fsp3) is 0.235. The van der Waals surface area contributed by atoms with Crippen molar-refractivity contribution in [2.24, 2.45) is 0 Å². The molecule has 2 aromatic carbocycles. The van der Waals surface area contributed by atoms with Gasteiger partial charge < -0.3 is 19.5 Å². The number of hydrogen-bond donors (Lipinski definition) is 1. The molecular weight excluding hydrogens is 389 g/mol. The predicted molar refractivity (Wildman–Crippen MR) is 96.0 cm³/mol. The summed E-state index contributed by atoms with van der Waals surface area (Å²) in [6, 6.07) is 8.43. The van der Waals surface area contributed by atoms with E-state index in [2.05, 4.69) is 5.32 Å². The lowest BCUT2D eigenvalue weighted by molar-refractivity contribution is -0.127. The van der Waals surface area contributed by atoms with Gasteiger partial charge >= 0.3 is 0 Å². The molecule has 1 N–H and O–H groups in total. The molecular formula is C17H14Cl3NO4. The fourth-order valence-corrected chi connectivity index (χ4v) is 2.80. The first kappa shape index (κ1) is 18.0. The van der Waals surface area contributed by atoms with Gasteiger partial charge in [-0.05, 0) is 30.7 Å². The lowest BCUT2D eigenvalue weighted by Crippen LogP contribution is -2.35. The summed E-state index contributed by atoms with van der Waals surface area (Å²) in [5.41, 5.74) is 0.886. The number of ether oxygens (including phenoxy) is 3. The van der Waals surface area contributed by atoms with Crippen LogP contribution in [0.4, 0.5) is 0 Å². The van der Waals surface area contributed by atoms with E-state index >= 15 is 0 Å². The molecule has 0 spiro atoms. The van der Waals surface area contributed by atoms with Crippen LogP contribution >= 0.6 is 34.8 Å². The molecule has 1 heterocycles. The van der Waals surface area contributed by atoms with E-state index in [0.717, 1.165) is 5.56 Å². The number of carbonyl (C=O) groups excluding carboxylic acids is 1. The van der Waals surface area contributed by atoms with Gasteiger partial charge in [0.05, 0.1) is 15.1 Å². The number of fused-ring (bicyclic) bond motifs is 1. The van der Waals surface area contributed by atoms with Crippen LogP contribution in [-0.2, 0) is 11.3 Å². The molecule has 5 nitrogen and oxygen atoms in total. The lowest BCUT2D eigenvalue weighted by atomic mass is 10.2. The van der Waals surface area contributed by atoms with Crippen molar-refractivity contribution in [3.8, 4) is 17.2 Å². The average Bonchev–Trinajstić information content (AvgIpc) is 3.05. The van der Waals surface area contributed by atoms with Gasteiger partial charge in [0.1, 0.15) is 5.75 Å². The van der Waals surface area contributed by atoms with E-state index in [1.165, 1.54) is 12.1 Å². The van der Waals surface area contributed by atoms with E-state index in [-0.39, 0.29) is 17.7 Å². The number of hydrogen-bond acceptors (Lipinski definition) is 4. The quantitative estimate of drug-likeness (QED) is 0.750. The Morgan fingerprint density at radius 3 is 2.64 bits per heavy atom. The normalized spacial score (nSPS) is 13.4. The number of carbonyl (C=O) groups is 1. The molecule has 0 bridgehead atoms. The number of amides is 1. The maximum Gasteiger partial charge on any atom is 0.261 e. The Hall–Kier alpha value is -1.82. The Morgan fingerprint density at radius 2 is 1.84 bits per heavy atom. The van der Waals surface area contributed by atoms with E-state index in [0.29, 0.717) is 33.8 Å². The molecule has 1 aliphatic heterocycles. The second-order valence-corrected chi connectivity index (χ2v) is 6.58. The van der Waals surface area contributed by atoms with Crippen LogP contribution in [-0.4, -0.2) is 18.8 Å². The molecule has 0 aliphatic carbocycles. The standard InChI is InChI=1S/C17H14Cl3NO4/c1-9(25-15-6-12(19)11(18)5-13(15)20)17(22)21-7-10-2-3-14-16(4-10)24-8-23-14/h2-6,9H,7-8H2,1H3,(H,21,22)/t9-/m1/s1. The van der Waals surface area contributed by atoms with Crippen LogP contribution in [0.25, 0.3) is 0 Å². The molecule has 2 aromatic rings. The van der Waals surface area contributed by atoms with Crippen molar-refractivity contribution >= 4 is 40.7 Å². The van der Waals surface area contributed by atoms with Gasteiger partial charge in [-0.2, -0.15) is 0 Å². The maximum absolute atomic E-state index is 12.2. The molecule has 0 saturated carbocycles. The highest BCUT2D eigenvalue weighted by Crippen LogP contribution is 2.34. The summed E-state index contributed by atoms with van der Waals surface area (Å²) >= 11 is 17.9. The SMILES string of the molecule is C[C@@H](Oc1cc(Cl)c(Cl)cc1Cl)C(=O)NCc1ccc2c(c1)OCO2. The summed E-state index contributed by atoms with van der Waals surface area (Å²) in [4.78, 5) is 12.2. The summed E-state index contributed by atoms with van der Waals surface area (Å²) in [6.07, 6.45) is -0.760. The minimum absolute atomic E-state index is 0.209. The van der Waals surface area contributed by atoms with Crippen molar-refractivity contribution in [1.82, 2.24) is 5.32 Å². The molecule has 0 fully saturated rings. The van der Waals surface area contributed by atoms with Gasteiger partial charge in [0.25, 0.3) is 5.91 Å². The molecule has 25 heavy (non-hydrogen) atoms. The first-order valence-electron chi connectivity index (χ1n) is 7.41. The highest BCUT2D eigenvalue weighted by Gasteiger charge is 2.18. The predicted octanol–water partition coefficient (Wildman–Crippen LogP) is 4.46. The summed E-state index contributed by atoms with van der Waals surface area (Å²) in [7, 11) is 0. The minimum Gasteiger partial charge on any atom is -0.479 e. The average molecular weight is 403 g/mol. The van der Waals surface area contributed by atoms with Crippen molar-refractivity contribution < 1.29 is 19.0 Å². The molecule has 3 rings (SSSR count). The number of benzene rings is 2. The highest BCUT2D eigenvalue weighted by atomic mass is 35.5. The van der Waals surface area contributed by atoms with Gasteiger partial charge in [-0.1, -0.05) is 40.9 Å². The Bertz CT molecular complexity index is 813. The van der Waals surface area contributed by atoms with E-state index in [9.17, 15) is 4.79 Å². The van der Waals surface area contributed by atoms with Crippen LogP contribution in [0.3, 0.4) is 0 Å². The van der Waals surface area contributed by atoms with Crippen LogP contribution in [0.15, 0.2) is 30.3 Å². The third-order valence-electron chi connectivity index (χ3n) is 3.55. The van der Waals surface area contributed by atoms with E-state index in [1.807, 2.05) is 12.1 Å². The number of rotatable bonds is 5. The van der Waals surface area contributed by atoms with Crippen molar-refractivity contribution in [2.75, 3.05) is 6.79 Å². The summed E-state index contributed by atoms with van der Waals surface area (Å²) in [6.45, 7) is 2.16. The largest absolute Gasteiger partial charge is 0.479 e. The highest BCUT2D eigenvalue weighted by molar-refractivity contribution is 6.43. The van der Waals surface area contributed by atoms with Gasteiger partial charge in [-0.15, -0.1) is 0 Å². The first-order chi connectivity index (χ1) is 11.9. The molecule has 8 heteroatoms. The zero-order valence-corrected chi connectivity index (χ0v) is 15.4. The van der Waals surface area contributed by atoms with E-state index in [1.54, 1.807) is 13.0 Å². The summed E-state index contributed by atoms with van der Waals surface area (Å²) < 4.78 is 16.1. The monoisotopic (exact) mass is 401 g/mol. The van der Waals surface area contributed by atoms with E-state index < -0.39 is 6.10 Å². The van der Waals surface area contributed by atoms with Crippen molar-refractivity contribution in [3.63, 3.8) is 0 Å². The van der Waals surface area contributed by atoms with Crippen molar-refractivity contribution in [3.05, 3.63) is 51.0 Å². The fourth-order valence-electron chi connectivity index (χ4n) is 2.22. The molecule has 0 radical (unpaired) electrons. The van der Waals surface area contributed by atoms with Crippen LogP contribution in [0.1, 0.15) is 12.5 Å². The van der Waals surface area contributed by atoms with Gasteiger partial charge in [0.2, 0.25) is 6.79 Å². The van der Waals surface area contributed by atoms with Crippen LogP contribution in [0.2, 0.25) is 15.1 Å². The minimum atomic E-state index is -0.760.